The minimum Gasteiger partial charge on any atom is -0.472 e. The predicted molar refractivity (Wildman–Crippen MR) is 113 cm³/mol. The van der Waals surface area contributed by atoms with E-state index in [9.17, 15) is 9.59 Å². The van der Waals surface area contributed by atoms with Crippen LogP contribution >= 0.6 is 0 Å². The lowest BCUT2D eigenvalue weighted by Crippen LogP contribution is -2.60. The average molecular weight is 409 g/mol. The maximum atomic E-state index is 12.7. The average Bonchev–Trinajstić information content (AvgIpc) is 3.20. The van der Waals surface area contributed by atoms with Crippen molar-refractivity contribution in [1.29, 1.82) is 0 Å². The number of rotatable bonds is 1. The van der Waals surface area contributed by atoms with Gasteiger partial charge in [-0.2, -0.15) is 0 Å². The Kier molecular flexibility index (Phi) is 3.96. The van der Waals surface area contributed by atoms with Crippen LogP contribution in [0.15, 0.2) is 46.8 Å². The van der Waals surface area contributed by atoms with Crippen LogP contribution in [0.1, 0.15) is 72.0 Å². The van der Waals surface area contributed by atoms with E-state index in [0.29, 0.717) is 11.8 Å². The lowest BCUT2D eigenvalue weighted by atomic mass is 9.39. The van der Waals surface area contributed by atoms with E-state index in [2.05, 4.69) is 40.7 Å². The van der Waals surface area contributed by atoms with Gasteiger partial charge in [-0.05, 0) is 66.1 Å². The summed E-state index contributed by atoms with van der Waals surface area (Å²) in [6.07, 6.45) is 12.8. The molecule has 2 saturated carbocycles. The molecule has 5 rings (SSSR count). The van der Waals surface area contributed by atoms with Gasteiger partial charge in [0, 0.05) is 22.5 Å². The van der Waals surface area contributed by atoms with Crippen molar-refractivity contribution in [3.8, 4) is 0 Å². The summed E-state index contributed by atoms with van der Waals surface area (Å²) < 4.78 is 11.2. The molecule has 0 radical (unpaired) electrons. The van der Waals surface area contributed by atoms with Gasteiger partial charge in [0.05, 0.1) is 12.5 Å². The summed E-state index contributed by atoms with van der Waals surface area (Å²) in [5, 5.41) is 0. The van der Waals surface area contributed by atoms with Gasteiger partial charge in [0.25, 0.3) is 0 Å². The fraction of sp³-hybridized carbons (Fsp3) is 0.615. The number of ether oxygens (including phenoxy) is 1. The second-order valence-corrected chi connectivity index (χ2v) is 11.2. The Morgan fingerprint density at radius 2 is 1.67 bits per heavy atom. The molecule has 0 amide bonds. The van der Waals surface area contributed by atoms with Crippen molar-refractivity contribution in [3.05, 3.63) is 48.0 Å². The van der Waals surface area contributed by atoms with E-state index in [0.717, 1.165) is 31.2 Å². The maximum Gasteiger partial charge on any atom is 0.331 e. The molecule has 160 valence electrons. The highest BCUT2D eigenvalue weighted by atomic mass is 16.5. The van der Waals surface area contributed by atoms with Gasteiger partial charge in [0.2, 0.25) is 0 Å². The number of cyclic esters (lactones) is 1. The molecule has 4 nitrogen and oxygen atoms in total. The van der Waals surface area contributed by atoms with E-state index in [1.54, 1.807) is 18.6 Å². The van der Waals surface area contributed by atoms with Crippen molar-refractivity contribution < 1.29 is 18.7 Å². The van der Waals surface area contributed by atoms with Crippen molar-refractivity contribution in [1.82, 2.24) is 0 Å². The molecule has 1 aliphatic heterocycles. The molecule has 2 fully saturated rings. The first-order valence-electron chi connectivity index (χ1n) is 11.2. The Balaban J connectivity index is 1.62. The number of allylic oxidation sites excluding steroid dienone is 2. The minimum absolute atomic E-state index is 0.0565. The molecule has 1 aromatic heterocycles. The van der Waals surface area contributed by atoms with Crippen LogP contribution in [-0.4, -0.2) is 11.8 Å². The molecule has 0 aromatic carbocycles. The third-order valence-electron chi connectivity index (χ3n) is 9.43. The lowest BCUT2D eigenvalue weighted by molar-refractivity contribution is -0.162. The first kappa shape index (κ1) is 19.8. The van der Waals surface area contributed by atoms with Gasteiger partial charge in [0.15, 0.2) is 5.78 Å². The van der Waals surface area contributed by atoms with Crippen LogP contribution in [-0.2, 0) is 14.3 Å². The van der Waals surface area contributed by atoms with E-state index in [1.807, 2.05) is 12.1 Å². The fourth-order valence-electron chi connectivity index (χ4n) is 7.91. The summed E-state index contributed by atoms with van der Waals surface area (Å²) in [4.78, 5) is 25.4. The van der Waals surface area contributed by atoms with Crippen molar-refractivity contribution in [3.63, 3.8) is 0 Å². The van der Waals surface area contributed by atoms with E-state index >= 15 is 0 Å². The molecule has 2 heterocycles. The molecule has 0 N–H and O–H groups in total. The topological polar surface area (TPSA) is 56.5 Å². The van der Waals surface area contributed by atoms with E-state index in [-0.39, 0.29) is 39.5 Å². The first-order chi connectivity index (χ1) is 14.0. The van der Waals surface area contributed by atoms with E-state index in [4.69, 9.17) is 9.15 Å². The number of hydrogen-bond acceptors (Lipinski definition) is 4. The monoisotopic (exact) mass is 408 g/mol. The largest absolute Gasteiger partial charge is 0.472 e. The number of carbonyl (C=O) groups excluding carboxylic acids is 2. The molecule has 2 unspecified atom stereocenters. The summed E-state index contributed by atoms with van der Waals surface area (Å²) >= 11 is 0. The third kappa shape index (κ3) is 2.34. The second-order valence-electron chi connectivity index (χ2n) is 11.2. The molecule has 3 aliphatic carbocycles. The first-order valence-corrected chi connectivity index (χ1v) is 11.2. The summed E-state index contributed by atoms with van der Waals surface area (Å²) in [5.74, 6) is 0.709. The molecule has 0 saturated heterocycles. The summed E-state index contributed by atoms with van der Waals surface area (Å²) in [6, 6.07) is 1.91. The molecule has 4 heteroatoms. The van der Waals surface area contributed by atoms with Crippen molar-refractivity contribution in [2.24, 2.45) is 33.5 Å². The molecule has 6 atom stereocenters. The standard InChI is InChI=1S/C26H32O4/c1-23(2)17-6-10-25(4)18(24(17,3)12-8-20(23)27)7-11-26(5)19(25)14-21(28)30-22(26)16-9-13-29-15-16/h8-9,12-15,17-18,22H,6-7,10-11H2,1-5H3/t17?,18?,22-,24-,25+,26+/m0/s1. The summed E-state index contributed by atoms with van der Waals surface area (Å²) in [7, 11) is 0. The molecule has 1 aromatic rings. The fourth-order valence-corrected chi connectivity index (χ4v) is 7.91. The van der Waals surface area contributed by atoms with Gasteiger partial charge >= 0.3 is 5.97 Å². The second kappa shape index (κ2) is 5.99. The SMILES string of the molecule is CC1(C)C(=O)C=C[C@@]2(C)C1CC[C@@]1(C)C3=CC(=O)O[C@@H](c4ccoc4)[C@]3(C)CCC21. The van der Waals surface area contributed by atoms with Gasteiger partial charge in [-0.15, -0.1) is 0 Å². The maximum absolute atomic E-state index is 12.7. The highest BCUT2D eigenvalue weighted by Gasteiger charge is 2.65. The van der Waals surface area contributed by atoms with Gasteiger partial charge in [-0.25, -0.2) is 4.79 Å². The normalized spacial score (nSPS) is 44.4. The number of ketones is 1. The van der Waals surface area contributed by atoms with Gasteiger partial charge in [-0.3, -0.25) is 4.79 Å². The third-order valence-corrected chi connectivity index (χ3v) is 9.43. The van der Waals surface area contributed by atoms with Crippen LogP contribution in [0.3, 0.4) is 0 Å². The molecule has 0 spiro atoms. The summed E-state index contributed by atoms with van der Waals surface area (Å²) in [5.41, 5.74) is 1.43. The number of carbonyl (C=O) groups is 2. The van der Waals surface area contributed by atoms with Crippen molar-refractivity contribution in [2.75, 3.05) is 0 Å². The molecule has 0 bridgehead atoms. The number of furan rings is 1. The Labute approximate surface area is 178 Å². The summed E-state index contributed by atoms with van der Waals surface area (Å²) in [6.45, 7) is 11.2. The van der Waals surface area contributed by atoms with Gasteiger partial charge in [-0.1, -0.05) is 40.7 Å². The molecular weight excluding hydrogens is 376 g/mol. The Bertz CT molecular complexity index is 967. The van der Waals surface area contributed by atoms with Crippen molar-refractivity contribution >= 4 is 11.8 Å². The quantitative estimate of drug-likeness (QED) is 0.551. The van der Waals surface area contributed by atoms with Gasteiger partial charge in [0.1, 0.15) is 6.10 Å². The smallest absolute Gasteiger partial charge is 0.331 e. The van der Waals surface area contributed by atoms with E-state index < -0.39 is 0 Å². The Morgan fingerprint density at radius 1 is 0.967 bits per heavy atom. The number of hydrogen-bond donors (Lipinski definition) is 0. The zero-order valence-electron chi connectivity index (χ0n) is 18.7. The van der Waals surface area contributed by atoms with Crippen LogP contribution in [0.4, 0.5) is 0 Å². The minimum atomic E-state index is -0.342. The number of esters is 1. The van der Waals surface area contributed by atoms with Crippen LogP contribution in [0.2, 0.25) is 0 Å². The van der Waals surface area contributed by atoms with Gasteiger partial charge < -0.3 is 9.15 Å². The lowest BCUT2D eigenvalue weighted by Gasteiger charge is -2.65. The zero-order valence-corrected chi connectivity index (χ0v) is 18.7. The zero-order chi connectivity index (χ0) is 21.5. The van der Waals surface area contributed by atoms with Crippen LogP contribution < -0.4 is 0 Å². The highest BCUT2D eigenvalue weighted by Crippen LogP contribution is 2.71. The van der Waals surface area contributed by atoms with Crippen LogP contribution in [0.5, 0.6) is 0 Å². The molecule has 30 heavy (non-hydrogen) atoms. The van der Waals surface area contributed by atoms with Crippen LogP contribution in [0.25, 0.3) is 0 Å². The Hall–Kier alpha value is -2.10. The Morgan fingerprint density at radius 3 is 2.37 bits per heavy atom. The predicted octanol–water partition coefficient (Wildman–Crippen LogP) is 5.81. The van der Waals surface area contributed by atoms with E-state index in [1.165, 1.54) is 5.57 Å². The highest BCUT2D eigenvalue weighted by molar-refractivity contribution is 5.95. The van der Waals surface area contributed by atoms with Crippen molar-refractivity contribution in [2.45, 2.75) is 66.4 Å². The molecular formula is C26H32O4. The van der Waals surface area contributed by atoms with Crippen LogP contribution in [0, 0.1) is 33.5 Å². The number of fused-ring (bicyclic) bond motifs is 5. The molecule has 4 aliphatic rings.